The second kappa shape index (κ2) is 4.94. The third-order valence-corrected chi connectivity index (χ3v) is 8.08. The van der Waals surface area contributed by atoms with Crippen LogP contribution in [0.2, 0.25) is 18.1 Å². The van der Waals surface area contributed by atoms with Crippen molar-refractivity contribution in [3.05, 3.63) is 12.2 Å². The Balaban J connectivity index is 2.52. The lowest BCUT2D eigenvalue weighted by Crippen LogP contribution is -2.43. The maximum atomic E-state index is 10.9. The Morgan fingerprint density at radius 1 is 1.24 bits per heavy atom. The molecule has 17 heavy (non-hydrogen) atoms. The molecule has 0 aromatic carbocycles. The number of carbonyl (C=O) groups is 1. The van der Waals surface area contributed by atoms with Gasteiger partial charge in [-0.2, -0.15) is 0 Å². The largest absolute Gasteiger partial charge is 0.458 e. The molecule has 1 unspecified atom stereocenters. The Hall–Kier alpha value is -0.613. The summed E-state index contributed by atoms with van der Waals surface area (Å²) in [4.78, 5) is 10.9. The number of ether oxygens (including phenoxy) is 1. The number of rotatable bonds is 3. The predicted octanol–water partition coefficient (Wildman–Crippen LogP) is 3.27. The molecule has 2 atom stereocenters. The first-order valence-corrected chi connectivity index (χ1v) is 9.06. The van der Waals surface area contributed by atoms with Gasteiger partial charge in [-0.25, -0.2) is 0 Å². The summed E-state index contributed by atoms with van der Waals surface area (Å²) in [7, 11) is -1.73. The first-order chi connectivity index (χ1) is 7.62. The van der Waals surface area contributed by atoms with Crippen molar-refractivity contribution in [3.8, 4) is 0 Å². The van der Waals surface area contributed by atoms with Crippen LogP contribution < -0.4 is 0 Å². The van der Waals surface area contributed by atoms with E-state index in [1.165, 1.54) is 6.92 Å². The Morgan fingerprint density at radius 2 is 1.76 bits per heavy atom. The Kier molecular flexibility index (Phi) is 4.20. The topological polar surface area (TPSA) is 35.5 Å². The standard InChI is InChI=1S/C13H24O3Si/c1-10(14)15-11-7-8-12(9-11)16-17(5,6)13(2,3)4/h7-8,11-12H,9H2,1-6H3/t11?,12-/m1/s1. The molecule has 0 heterocycles. The van der Waals surface area contributed by atoms with Crippen LogP contribution in [0.15, 0.2) is 12.2 Å². The van der Waals surface area contributed by atoms with E-state index in [0.29, 0.717) is 0 Å². The zero-order valence-electron chi connectivity index (χ0n) is 11.7. The van der Waals surface area contributed by atoms with Crippen LogP contribution >= 0.6 is 0 Å². The summed E-state index contributed by atoms with van der Waals surface area (Å²) in [6, 6.07) is 0. The van der Waals surface area contributed by atoms with Crippen molar-refractivity contribution in [2.75, 3.05) is 0 Å². The molecule has 1 aliphatic carbocycles. The fourth-order valence-corrected chi connectivity index (χ4v) is 2.86. The van der Waals surface area contributed by atoms with Crippen molar-refractivity contribution in [2.45, 2.75) is 64.5 Å². The smallest absolute Gasteiger partial charge is 0.303 e. The van der Waals surface area contributed by atoms with Gasteiger partial charge in [0.2, 0.25) is 0 Å². The van der Waals surface area contributed by atoms with Gasteiger partial charge in [-0.15, -0.1) is 0 Å². The quantitative estimate of drug-likeness (QED) is 0.442. The molecule has 0 saturated carbocycles. The van der Waals surface area contributed by atoms with Crippen LogP contribution in [0, 0.1) is 0 Å². The highest BCUT2D eigenvalue weighted by Gasteiger charge is 2.39. The molecular formula is C13H24O3Si. The molecule has 3 nitrogen and oxygen atoms in total. The van der Waals surface area contributed by atoms with Crippen molar-refractivity contribution in [1.82, 2.24) is 0 Å². The fraction of sp³-hybridized carbons (Fsp3) is 0.769. The lowest BCUT2D eigenvalue weighted by molar-refractivity contribution is -0.144. The Labute approximate surface area is 105 Å². The lowest BCUT2D eigenvalue weighted by atomic mass is 10.2. The first kappa shape index (κ1) is 14.4. The van der Waals surface area contributed by atoms with E-state index >= 15 is 0 Å². The molecule has 0 radical (unpaired) electrons. The number of hydrogen-bond donors (Lipinski definition) is 0. The third kappa shape index (κ3) is 3.96. The molecule has 0 saturated heterocycles. The summed E-state index contributed by atoms with van der Waals surface area (Å²) in [5.41, 5.74) is 0. The van der Waals surface area contributed by atoms with Gasteiger partial charge in [0.1, 0.15) is 6.10 Å². The van der Waals surface area contributed by atoms with E-state index in [1.54, 1.807) is 0 Å². The molecule has 1 rings (SSSR count). The van der Waals surface area contributed by atoms with Gasteiger partial charge in [-0.3, -0.25) is 4.79 Å². The van der Waals surface area contributed by atoms with E-state index in [2.05, 4.69) is 33.9 Å². The van der Waals surface area contributed by atoms with Crippen molar-refractivity contribution in [2.24, 2.45) is 0 Å². The van der Waals surface area contributed by atoms with Gasteiger partial charge in [0.15, 0.2) is 8.32 Å². The van der Waals surface area contributed by atoms with E-state index in [9.17, 15) is 4.79 Å². The molecule has 0 aliphatic heterocycles. The third-order valence-electron chi connectivity index (χ3n) is 3.57. The molecule has 0 aromatic rings. The van der Waals surface area contributed by atoms with E-state index in [-0.39, 0.29) is 23.2 Å². The van der Waals surface area contributed by atoms with Crippen LogP contribution in [0.3, 0.4) is 0 Å². The average Bonchev–Trinajstić information content (AvgIpc) is 2.48. The molecule has 0 fully saturated rings. The van der Waals surface area contributed by atoms with Crippen LogP contribution in [0.25, 0.3) is 0 Å². The number of esters is 1. The van der Waals surface area contributed by atoms with Crippen molar-refractivity contribution >= 4 is 14.3 Å². The summed E-state index contributed by atoms with van der Waals surface area (Å²) in [5, 5.41) is 0.209. The van der Waals surface area contributed by atoms with Gasteiger partial charge < -0.3 is 9.16 Å². The molecular weight excluding hydrogens is 232 g/mol. The highest BCUT2D eigenvalue weighted by molar-refractivity contribution is 6.74. The highest BCUT2D eigenvalue weighted by atomic mass is 28.4. The fourth-order valence-electron chi connectivity index (χ4n) is 1.58. The monoisotopic (exact) mass is 256 g/mol. The molecule has 0 aromatic heterocycles. The minimum Gasteiger partial charge on any atom is -0.458 e. The van der Waals surface area contributed by atoms with E-state index in [0.717, 1.165) is 6.42 Å². The van der Waals surface area contributed by atoms with Crippen molar-refractivity contribution in [3.63, 3.8) is 0 Å². The minimum atomic E-state index is -1.73. The SMILES string of the molecule is CC(=O)OC1C=C[C@@H](O[Si](C)(C)C(C)(C)C)C1. The molecule has 0 spiro atoms. The molecule has 4 heteroatoms. The summed E-state index contributed by atoms with van der Waals surface area (Å²) in [6.45, 7) is 12.6. The summed E-state index contributed by atoms with van der Waals surface area (Å²) in [5.74, 6) is -0.229. The van der Waals surface area contributed by atoms with E-state index < -0.39 is 8.32 Å². The molecule has 0 amide bonds. The van der Waals surface area contributed by atoms with Gasteiger partial charge in [0.05, 0.1) is 6.10 Å². The van der Waals surface area contributed by atoms with Crippen LogP contribution in [-0.4, -0.2) is 26.5 Å². The Morgan fingerprint density at radius 3 is 2.24 bits per heavy atom. The zero-order valence-corrected chi connectivity index (χ0v) is 12.7. The maximum absolute atomic E-state index is 10.9. The van der Waals surface area contributed by atoms with Gasteiger partial charge in [-0.1, -0.05) is 26.8 Å². The average molecular weight is 256 g/mol. The van der Waals surface area contributed by atoms with Crippen LogP contribution in [-0.2, 0) is 14.0 Å². The normalized spacial score (nSPS) is 25.1. The maximum Gasteiger partial charge on any atom is 0.303 e. The van der Waals surface area contributed by atoms with Crippen LogP contribution in [0.5, 0.6) is 0 Å². The van der Waals surface area contributed by atoms with Gasteiger partial charge in [-0.05, 0) is 24.2 Å². The van der Waals surface area contributed by atoms with Crippen molar-refractivity contribution in [1.29, 1.82) is 0 Å². The van der Waals surface area contributed by atoms with Crippen LogP contribution in [0.1, 0.15) is 34.1 Å². The Bertz CT molecular complexity index is 315. The molecule has 98 valence electrons. The second-order valence-corrected chi connectivity index (χ2v) is 10.9. The predicted molar refractivity (Wildman–Crippen MR) is 71.4 cm³/mol. The van der Waals surface area contributed by atoms with Gasteiger partial charge in [0, 0.05) is 13.3 Å². The molecule has 1 aliphatic rings. The van der Waals surface area contributed by atoms with Gasteiger partial charge in [0.25, 0.3) is 0 Å². The lowest BCUT2D eigenvalue weighted by Gasteiger charge is -2.38. The van der Waals surface area contributed by atoms with E-state index in [4.69, 9.17) is 9.16 Å². The summed E-state index contributed by atoms with van der Waals surface area (Å²) < 4.78 is 11.4. The highest BCUT2D eigenvalue weighted by Crippen LogP contribution is 2.38. The summed E-state index contributed by atoms with van der Waals surface area (Å²) >= 11 is 0. The second-order valence-electron chi connectivity index (χ2n) is 6.19. The number of carbonyl (C=O) groups excluding carboxylic acids is 1. The first-order valence-electron chi connectivity index (χ1n) is 6.15. The van der Waals surface area contributed by atoms with Gasteiger partial charge >= 0.3 is 5.97 Å². The minimum absolute atomic E-state index is 0.0974. The van der Waals surface area contributed by atoms with Crippen molar-refractivity contribution < 1.29 is 14.0 Å². The van der Waals surface area contributed by atoms with E-state index in [1.807, 2.05) is 12.2 Å². The zero-order chi connectivity index (χ0) is 13.3. The molecule has 0 N–H and O–H groups in total. The number of hydrogen-bond acceptors (Lipinski definition) is 3. The van der Waals surface area contributed by atoms with Crippen LogP contribution in [0.4, 0.5) is 0 Å². The molecule has 0 bridgehead atoms. The summed E-state index contributed by atoms with van der Waals surface area (Å²) in [6.07, 6.45) is 4.70.